The summed E-state index contributed by atoms with van der Waals surface area (Å²) in [5.41, 5.74) is 1.48. The summed E-state index contributed by atoms with van der Waals surface area (Å²) >= 11 is 0. The molecule has 1 heterocycles. The lowest BCUT2D eigenvalue weighted by Gasteiger charge is -2.17. The number of methoxy groups -OCH3 is 2. The van der Waals surface area contributed by atoms with E-state index in [0.717, 1.165) is 16.6 Å². The zero-order valence-electron chi connectivity index (χ0n) is 18.6. The lowest BCUT2D eigenvalue weighted by atomic mass is 10.1. The Hall–Kier alpha value is -3.03. The highest BCUT2D eigenvalue weighted by Crippen LogP contribution is 2.33. The zero-order chi connectivity index (χ0) is 22.5. The van der Waals surface area contributed by atoms with Gasteiger partial charge >= 0.3 is 0 Å². The Morgan fingerprint density at radius 1 is 1.03 bits per heavy atom. The average molecular weight is 427 g/mol. The Bertz CT molecular complexity index is 1110. The van der Waals surface area contributed by atoms with Gasteiger partial charge in [0.15, 0.2) is 11.5 Å². The molecule has 166 valence electrons. The van der Waals surface area contributed by atoms with Gasteiger partial charge in [-0.05, 0) is 41.8 Å². The van der Waals surface area contributed by atoms with Gasteiger partial charge in [-0.2, -0.15) is 0 Å². The summed E-state index contributed by atoms with van der Waals surface area (Å²) in [5, 5.41) is 14.7. The summed E-state index contributed by atoms with van der Waals surface area (Å²) in [6.45, 7) is 4.63. The van der Waals surface area contributed by atoms with Gasteiger partial charge in [0, 0.05) is 25.2 Å². The zero-order valence-corrected chi connectivity index (χ0v) is 18.6. The normalized spacial score (nSPS) is 12.2. The van der Waals surface area contributed by atoms with Gasteiger partial charge in [-0.3, -0.25) is 4.79 Å². The first kappa shape index (κ1) is 22.7. The summed E-state index contributed by atoms with van der Waals surface area (Å²) < 4.78 is 18.1. The number of aliphatic hydroxyl groups is 1. The maximum absolute atomic E-state index is 12.9. The van der Waals surface area contributed by atoms with Crippen LogP contribution in [0.15, 0.2) is 47.3 Å². The maximum atomic E-state index is 12.9. The minimum atomic E-state index is -0.634. The van der Waals surface area contributed by atoms with Gasteiger partial charge in [-0.15, -0.1) is 0 Å². The van der Waals surface area contributed by atoms with E-state index >= 15 is 0 Å². The van der Waals surface area contributed by atoms with E-state index in [1.807, 2.05) is 44.2 Å². The molecule has 3 rings (SSSR count). The topological polar surface area (TPSA) is 81.9 Å². The van der Waals surface area contributed by atoms with Crippen molar-refractivity contribution in [2.75, 3.05) is 27.4 Å². The Morgan fingerprint density at radius 3 is 2.48 bits per heavy atom. The minimum Gasteiger partial charge on any atom is -0.497 e. The summed E-state index contributed by atoms with van der Waals surface area (Å²) in [7, 11) is 4.88. The molecular weight excluding hydrogens is 396 g/mol. The number of fused-ring (bicyclic) bond motifs is 1. The number of nitrogens with one attached hydrogen (secondary N) is 1. The molecule has 0 fully saturated rings. The van der Waals surface area contributed by atoms with Crippen LogP contribution < -0.4 is 25.1 Å². The smallest absolute Gasteiger partial charge is 0.258 e. The first-order valence-corrected chi connectivity index (χ1v) is 10.2. The number of nitrogens with zero attached hydrogens (tertiary/aromatic N) is 1. The van der Waals surface area contributed by atoms with Crippen LogP contribution in [0.25, 0.3) is 22.0 Å². The fourth-order valence-electron chi connectivity index (χ4n) is 3.35. The molecule has 0 amide bonds. The van der Waals surface area contributed by atoms with E-state index in [2.05, 4.69) is 5.32 Å². The van der Waals surface area contributed by atoms with Crippen molar-refractivity contribution in [2.45, 2.75) is 26.0 Å². The lowest BCUT2D eigenvalue weighted by Crippen LogP contribution is -2.35. The number of pyridine rings is 1. The average Bonchev–Trinajstić information content (AvgIpc) is 2.78. The SMILES string of the molecule is COc1ccc2cc(-c3ccc(OCC(O)CNC(C)C)c(OC)c3)n(C)c(=O)c2c1. The van der Waals surface area contributed by atoms with E-state index in [1.54, 1.807) is 38.0 Å². The molecule has 0 aliphatic carbocycles. The van der Waals surface area contributed by atoms with E-state index in [-0.39, 0.29) is 18.2 Å². The van der Waals surface area contributed by atoms with Crippen LogP contribution in [0.4, 0.5) is 0 Å². The van der Waals surface area contributed by atoms with Crippen LogP contribution in [0.3, 0.4) is 0 Å². The molecule has 1 atom stereocenters. The van der Waals surface area contributed by atoms with Crippen molar-refractivity contribution in [2.24, 2.45) is 7.05 Å². The predicted molar refractivity (Wildman–Crippen MR) is 122 cm³/mol. The summed E-state index contributed by atoms with van der Waals surface area (Å²) in [5.74, 6) is 1.71. The molecule has 2 aromatic carbocycles. The van der Waals surface area contributed by atoms with E-state index in [4.69, 9.17) is 14.2 Å². The Balaban J connectivity index is 1.89. The number of rotatable bonds is 9. The van der Waals surface area contributed by atoms with Gasteiger partial charge in [0.05, 0.1) is 25.3 Å². The third-order valence-corrected chi connectivity index (χ3v) is 5.10. The van der Waals surface area contributed by atoms with Crippen molar-refractivity contribution >= 4 is 10.8 Å². The molecule has 3 aromatic rings. The fourth-order valence-corrected chi connectivity index (χ4v) is 3.35. The Labute approximate surface area is 182 Å². The quantitative estimate of drug-likeness (QED) is 0.548. The highest BCUT2D eigenvalue weighted by Gasteiger charge is 2.14. The first-order valence-electron chi connectivity index (χ1n) is 10.2. The van der Waals surface area contributed by atoms with Crippen LogP contribution >= 0.6 is 0 Å². The molecule has 0 aliphatic rings. The molecular formula is C24H30N2O5. The van der Waals surface area contributed by atoms with Crippen molar-refractivity contribution in [3.8, 4) is 28.5 Å². The van der Waals surface area contributed by atoms with Crippen LogP contribution in [0.2, 0.25) is 0 Å². The van der Waals surface area contributed by atoms with Crippen molar-refractivity contribution in [1.82, 2.24) is 9.88 Å². The van der Waals surface area contributed by atoms with Gasteiger partial charge in [0.25, 0.3) is 5.56 Å². The van der Waals surface area contributed by atoms with Gasteiger partial charge in [0.1, 0.15) is 18.5 Å². The van der Waals surface area contributed by atoms with Gasteiger partial charge in [0.2, 0.25) is 0 Å². The van der Waals surface area contributed by atoms with Crippen LogP contribution in [0.1, 0.15) is 13.8 Å². The van der Waals surface area contributed by atoms with Crippen molar-refractivity contribution in [3.05, 3.63) is 52.8 Å². The molecule has 0 bridgehead atoms. The van der Waals surface area contributed by atoms with Crippen molar-refractivity contribution in [3.63, 3.8) is 0 Å². The molecule has 7 nitrogen and oxygen atoms in total. The predicted octanol–water partition coefficient (Wildman–Crippen LogP) is 2.96. The fraction of sp³-hybridized carbons (Fsp3) is 0.375. The van der Waals surface area contributed by atoms with Crippen LogP contribution in [-0.2, 0) is 7.05 Å². The number of hydrogen-bond donors (Lipinski definition) is 2. The molecule has 0 saturated heterocycles. The molecule has 0 spiro atoms. The third-order valence-electron chi connectivity index (χ3n) is 5.10. The van der Waals surface area contributed by atoms with E-state index in [0.29, 0.717) is 29.2 Å². The highest BCUT2D eigenvalue weighted by molar-refractivity contribution is 5.86. The summed E-state index contributed by atoms with van der Waals surface area (Å²) in [6.07, 6.45) is -0.634. The Morgan fingerprint density at radius 2 is 1.81 bits per heavy atom. The highest BCUT2D eigenvalue weighted by atomic mass is 16.5. The van der Waals surface area contributed by atoms with Crippen molar-refractivity contribution < 1.29 is 19.3 Å². The Kier molecular flexibility index (Phi) is 7.20. The maximum Gasteiger partial charge on any atom is 0.258 e. The van der Waals surface area contributed by atoms with Crippen LogP contribution in [0, 0.1) is 0 Å². The molecule has 7 heteroatoms. The number of hydrogen-bond acceptors (Lipinski definition) is 6. The number of ether oxygens (including phenoxy) is 3. The van der Waals surface area contributed by atoms with Crippen molar-refractivity contribution in [1.29, 1.82) is 0 Å². The molecule has 1 unspecified atom stereocenters. The number of aliphatic hydroxyl groups excluding tert-OH is 1. The van der Waals surface area contributed by atoms with Gasteiger partial charge in [-0.25, -0.2) is 0 Å². The second-order valence-corrected chi connectivity index (χ2v) is 7.74. The summed E-state index contributed by atoms with van der Waals surface area (Å²) in [4.78, 5) is 12.9. The molecule has 0 aliphatic heterocycles. The van der Waals surface area contributed by atoms with E-state index in [1.165, 1.54) is 0 Å². The molecule has 0 saturated carbocycles. The molecule has 1 aromatic heterocycles. The second-order valence-electron chi connectivity index (χ2n) is 7.74. The van der Waals surface area contributed by atoms with Gasteiger partial charge in [-0.1, -0.05) is 19.9 Å². The number of aromatic nitrogens is 1. The lowest BCUT2D eigenvalue weighted by molar-refractivity contribution is 0.103. The van der Waals surface area contributed by atoms with E-state index < -0.39 is 6.10 Å². The molecule has 0 radical (unpaired) electrons. The van der Waals surface area contributed by atoms with Gasteiger partial charge < -0.3 is 29.2 Å². The first-order chi connectivity index (χ1) is 14.8. The van der Waals surface area contributed by atoms with E-state index in [9.17, 15) is 9.90 Å². The van der Waals surface area contributed by atoms with Crippen LogP contribution in [0.5, 0.6) is 17.2 Å². The van der Waals surface area contributed by atoms with Crippen LogP contribution in [-0.4, -0.2) is 49.2 Å². The second kappa shape index (κ2) is 9.85. The minimum absolute atomic E-state index is 0.105. The largest absolute Gasteiger partial charge is 0.497 e. The molecule has 31 heavy (non-hydrogen) atoms. The standard InChI is InChI=1S/C24H30N2O5/c1-15(2)25-13-18(27)14-31-22-9-7-17(11-23(22)30-5)21-10-16-6-8-19(29-4)12-20(16)24(28)26(21)3/h6-12,15,18,25,27H,13-14H2,1-5H3. The third kappa shape index (κ3) is 5.18. The monoisotopic (exact) mass is 426 g/mol. The number of benzene rings is 2. The summed E-state index contributed by atoms with van der Waals surface area (Å²) in [6, 6.07) is 13.2. The molecule has 2 N–H and O–H groups in total.